The molecule has 0 saturated carbocycles. The van der Waals surface area contributed by atoms with Gasteiger partial charge in [0.15, 0.2) is 0 Å². The standard InChI is InChI=1S/C15H21N3/c1-5-18-11(2)9-14(13(18)4)10-17-15-7-6-8-16-12(15)3/h6-9,17H,5,10H2,1-4H3. The number of hydrogen-bond donors (Lipinski definition) is 1. The van der Waals surface area contributed by atoms with Crippen LogP contribution in [0.25, 0.3) is 0 Å². The molecule has 0 unspecified atom stereocenters. The predicted molar refractivity (Wildman–Crippen MR) is 75.9 cm³/mol. The summed E-state index contributed by atoms with van der Waals surface area (Å²) in [6.45, 7) is 10.4. The van der Waals surface area contributed by atoms with Gasteiger partial charge in [-0.25, -0.2) is 0 Å². The number of rotatable bonds is 4. The van der Waals surface area contributed by atoms with Crippen LogP contribution in [0.4, 0.5) is 5.69 Å². The fourth-order valence-corrected chi connectivity index (χ4v) is 2.40. The average molecular weight is 243 g/mol. The average Bonchev–Trinajstić information content (AvgIpc) is 2.63. The minimum absolute atomic E-state index is 0.853. The van der Waals surface area contributed by atoms with Crippen molar-refractivity contribution in [2.75, 3.05) is 5.32 Å². The Hall–Kier alpha value is -1.77. The Bertz CT molecular complexity index is 541. The van der Waals surface area contributed by atoms with E-state index in [0.29, 0.717) is 0 Å². The molecular formula is C15H21N3. The number of aromatic nitrogens is 2. The van der Waals surface area contributed by atoms with Crippen LogP contribution in [-0.4, -0.2) is 9.55 Å². The molecule has 2 rings (SSSR count). The molecule has 0 aliphatic rings. The van der Waals surface area contributed by atoms with Gasteiger partial charge in [-0.3, -0.25) is 4.98 Å². The van der Waals surface area contributed by atoms with Gasteiger partial charge in [-0.05, 0) is 51.5 Å². The smallest absolute Gasteiger partial charge is 0.0603 e. The predicted octanol–water partition coefficient (Wildman–Crippen LogP) is 3.44. The molecule has 2 heterocycles. The fourth-order valence-electron chi connectivity index (χ4n) is 2.40. The molecule has 0 aromatic carbocycles. The van der Waals surface area contributed by atoms with Gasteiger partial charge in [0.25, 0.3) is 0 Å². The summed E-state index contributed by atoms with van der Waals surface area (Å²) >= 11 is 0. The van der Waals surface area contributed by atoms with E-state index < -0.39 is 0 Å². The Balaban J connectivity index is 2.14. The van der Waals surface area contributed by atoms with E-state index in [1.165, 1.54) is 17.0 Å². The van der Waals surface area contributed by atoms with Crippen LogP contribution in [0.1, 0.15) is 29.6 Å². The van der Waals surface area contributed by atoms with Gasteiger partial charge in [-0.2, -0.15) is 0 Å². The fraction of sp³-hybridized carbons (Fsp3) is 0.400. The first-order chi connectivity index (χ1) is 8.63. The van der Waals surface area contributed by atoms with Gasteiger partial charge in [0.1, 0.15) is 0 Å². The molecule has 0 aliphatic carbocycles. The molecule has 0 bridgehead atoms. The lowest BCUT2D eigenvalue weighted by molar-refractivity contribution is 0.715. The number of anilines is 1. The van der Waals surface area contributed by atoms with Gasteiger partial charge in [-0.15, -0.1) is 0 Å². The van der Waals surface area contributed by atoms with Crippen LogP contribution >= 0.6 is 0 Å². The molecule has 0 amide bonds. The van der Waals surface area contributed by atoms with Crippen molar-refractivity contribution in [3.05, 3.63) is 47.0 Å². The van der Waals surface area contributed by atoms with Crippen molar-refractivity contribution in [3.63, 3.8) is 0 Å². The van der Waals surface area contributed by atoms with Crippen LogP contribution in [0.2, 0.25) is 0 Å². The molecule has 3 heteroatoms. The number of aryl methyl sites for hydroxylation is 2. The highest BCUT2D eigenvalue weighted by molar-refractivity contribution is 5.47. The van der Waals surface area contributed by atoms with Gasteiger partial charge >= 0.3 is 0 Å². The molecular weight excluding hydrogens is 222 g/mol. The van der Waals surface area contributed by atoms with E-state index in [4.69, 9.17) is 0 Å². The summed E-state index contributed by atoms with van der Waals surface area (Å²) in [7, 11) is 0. The third-order valence-corrected chi connectivity index (χ3v) is 3.47. The van der Waals surface area contributed by atoms with Gasteiger partial charge < -0.3 is 9.88 Å². The molecule has 0 radical (unpaired) electrons. The van der Waals surface area contributed by atoms with Crippen molar-refractivity contribution in [2.45, 2.75) is 40.8 Å². The normalized spacial score (nSPS) is 10.7. The largest absolute Gasteiger partial charge is 0.379 e. The second-order valence-electron chi connectivity index (χ2n) is 4.63. The van der Waals surface area contributed by atoms with E-state index in [1.807, 2.05) is 19.2 Å². The molecule has 0 atom stereocenters. The maximum absolute atomic E-state index is 4.29. The van der Waals surface area contributed by atoms with Crippen LogP contribution in [-0.2, 0) is 13.1 Å². The zero-order valence-corrected chi connectivity index (χ0v) is 11.6. The monoisotopic (exact) mass is 243 g/mol. The molecule has 0 fully saturated rings. The van der Waals surface area contributed by atoms with Crippen molar-refractivity contribution in [3.8, 4) is 0 Å². The Kier molecular flexibility index (Phi) is 3.70. The molecule has 0 aliphatic heterocycles. The van der Waals surface area contributed by atoms with Crippen LogP contribution in [0.15, 0.2) is 24.4 Å². The highest BCUT2D eigenvalue weighted by Crippen LogP contribution is 2.17. The highest BCUT2D eigenvalue weighted by atomic mass is 15.0. The Morgan fingerprint density at radius 2 is 2.06 bits per heavy atom. The Morgan fingerprint density at radius 1 is 1.28 bits per heavy atom. The van der Waals surface area contributed by atoms with E-state index >= 15 is 0 Å². The van der Waals surface area contributed by atoms with Crippen molar-refractivity contribution in [1.82, 2.24) is 9.55 Å². The lowest BCUT2D eigenvalue weighted by Gasteiger charge is -2.09. The highest BCUT2D eigenvalue weighted by Gasteiger charge is 2.07. The molecule has 96 valence electrons. The molecule has 18 heavy (non-hydrogen) atoms. The van der Waals surface area contributed by atoms with Crippen LogP contribution < -0.4 is 5.32 Å². The zero-order chi connectivity index (χ0) is 13.1. The number of pyridine rings is 1. The van der Waals surface area contributed by atoms with Gasteiger partial charge in [-0.1, -0.05) is 0 Å². The van der Waals surface area contributed by atoms with E-state index in [9.17, 15) is 0 Å². The maximum Gasteiger partial charge on any atom is 0.0603 e. The SMILES string of the molecule is CCn1c(C)cc(CNc2cccnc2C)c1C. The quantitative estimate of drug-likeness (QED) is 0.891. The van der Waals surface area contributed by atoms with E-state index in [1.54, 1.807) is 0 Å². The summed E-state index contributed by atoms with van der Waals surface area (Å²) in [5, 5.41) is 3.46. The van der Waals surface area contributed by atoms with E-state index in [0.717, 1.165) is 24.5 Å². The number of hydrogen-bond acceptors (Lipinski definition) is 2. The summed E-state index contributed by atoms with van der Waals surface area (Å²) in [5.41, 5.74) is 6.19. The topological polar surface area (TPSA) is 29.9 Å². The van der Waals surface area contributed by atoms with Crippen molar-refractivity contribution in [2.24, 2.45) is 0 Å². The lowest BCUT2D eigenvalue weighted by atomic mass is 10.2. The van der Waals surface area contributed by atoms with Crippen molar-refractivity contribution >= 4 is 5.69 Å². The first kappa shape index (κ1) is 12.7. The maximum atomic E-state index is 4.29. The molecule has 0 saturated heterocycles. The Labute approximate surface area is 109 Å². The zero-order valence-electron chi connectivity index (χ0n) is 11.6. The van der Waals surface area contributed by atoms with Gasteiger partial charge in [0.05, 0.1) is 11.4 Å². The molecule has 2 aromatic heterocycles. The second kappa shape index (κ2) is 5.25. The second-order valence-corrected chi connectivity index (χ2v) is 4.63. The van der Waals surface area contributed by atoms with Crippen molar-refractivity contribution in [1.29, 1.82) is 0 Å². The Morgan fingerprint density at radius 3 is 2.67 bits per heavy atom. The van der Waals surface area contributed by atoms with Crippen LogP contribution in [0.5, 0.6) is 0 Å². The summed E-state index contributed by atoms with van der Waals surface area (Å²) in [5.74, 6) is 0. The first-order valence-electron chi connectivity index (χ1n) is 6.44. The summed E-state index contributed by atoms with van der Waals surface area (Å²) < 4.78 is 2.34. The summed E-state index contributed by atoms with van der Waals surface area (Å²) in [6, 6.07) is 6.30. The van der Waals surface area contributed by atoms with Gasteiger partial charge in [0.2, 0.25) is 0 Å². The lowest BCUT2D eigenvalue weighted by Crippen LogP contribution is -2.04. The number of nitrogens with zero attached hydrogens (tertiary/aromatic N) is 2. The summed E-state index contributed by atoms with van der Waals surface area (Å²) in [6.07, 6.45) is 1.82. The van der Waals surface area contributed by atoms with E-state index in [-0.39, 0.29) is 0 Å². The molecule has 3 nitrogen and oxygen atoms in total. The minimum Gasteiger partial charge on any atom is -0.379 e. The third-order valence-electron chi connectivity index (χ3n) is 3.47. The molecule has 1 N–H and O–H groups in total. The molecule has 2 aromatic rings. The first-order valence-corrected chi connectivity index (χ1v) is 6.44. The van der Waals surface area contributed by atoms with Crippen molar-refractivity contribution < 1.29 is 0 Å². The number of nitrogens with one attached hydrogen (secondary N) is 1. The van der Waals surface area contributed by atoms with E-state index in [2.05, 4.69) is 47.8 Å². The van der Waals surface area contributed by atoms with Crippen LogP contribution in [0, 0.1) is 20.8 Å². The third kappa shape index (κ3) is 2.40. The summed E-state index contributed by atoms with van der Waals surface area (Å²) in [4.78, 5) is 4.29. The van der Waals surface area contributed by atoms with Gasteiger partial charge in [0, 0.05) is 30.7 Å². The minimum atomic E-state index is 0.853. The van der Waals surface area contributed by atoms with Crippen LogP contribution in [0.3, 0.4) is 0 Å². The molecule has 0 spiro atoms.